The molecule has 134 valence electrons. The van der Waals surface area contributed by atoms with E-state index in [0.29, 0.717) is 6.61 Å². The van der Waals surface area contributed by atoms with Gasteiger partial charge in [0.15, 0.2) is 5.79 Å². The molecule has 3 rings (SSSR count). The Bertz CT molecular complexity index is 687. The topological polar surface area (TPSA) is 129 Å². The highest BCUT2D eigenvalue weighted by molar-refractivity contribution is 5.84. The molecule has 2 aliphatic heterocycles. The quantitative estimate of drug-likeness (QED) is 0.474. The lowest BCUT2D eigenvalue weighted by atomic mass is 10.0. The van der Waals surface area contributed by atoms with Crippen LogP contribution in [0.3, 0.4) is 0 Å². The molecule has 9 nitrogen and oxygen atoms in total. The Morgan fingerprint density at radius 1 is 1.32 bits per heavy atom. The number of nitrogens with zero attached hydrogens (tertiary/aromatic N) is 3. The Morgan fingerprint density at radius 3 is 2.68 bits per heavy atom. The van der Waals surface area contributed by atoms with Gasteiger partial charge in [-0.1, -0.05) is 30.3 Å². The molecule has 2 aliphatic rings. The van der Waals surface area contributed by atoms with Gasteiger partial charge in [0.25, 0.3) is 11.6 Å². The van der Waals surface area contributed by atoms with Crippen molar-refractivity contribution < 1.29 is 23.7 Å². The van der Waals surface area contributed by atoms with Crippen molar-refractivity contribution in [2.75, 3.05) is 6.61 Å². The summed E-state index contributed by atoms with van der Waals surface area (Å²) in [6.45, 7) is 3.91. The van der Waals surface area contributed by atoms with Gasteiger partial charge in [-0.05, 0) is 30.1 Å². The van der Waals surface area contributed by atoms with E-state index in [0.717, 1.165) is 5.56 Å². The summed E-state index contributed by atoms with van der Waals surface area (Å²) in [4.78, 5) is 14.7. The summed E-state index contributed by atoms with van der Waals surface area (Å²) in [6, 6.07) is 9.61. The molecule has 0 aromatic heterocycles. The maximum Gasteiger partial charge on any atom is 0.258 e. The first-order chi connectivity index (χ1) is 11.9. The number of azide groups is 1. The number of benzene rings is 1. The Balaban J connectivity index is 1.75. The monoisotopic (exact) mass is 348 g/mol. The third-order valence-electron chi connectivity index (χ3n) is 4.15. The first kappa shape index (κ1) is 17.7. The van der Waals surface area contributed by atoms with Crippen LogP contribution in [0, 0.1) is 0 Å². The van der Waals surface area contributed by atoms with Crippen molar-refractivity contribution in [1.29, 1.82) is 0 Å². The van der Waals surface area contributed by atoms with Gasteiger partial charge < -0.3 is 24.7 Å². The second-order valence-corrected chi connectivity index (χ2v) is 6.43. The predicted molar refractivity (Wildman–Crippen MR) is 85.9 cm³/mol. The molecule has 0 spiro atoms. The average Bonchev–Trinajstić information content (AvgIpc) is 3.02. The zero-order chi connectivity index (χ0) is 18.1. The number of hydrogen-bond donors (Lipinski definition) is 1. The summed E-state index contributed by atoms with van der Waals surface area (Å²) in [7, 11) is 0. The van der Waals surface area contributed by atoms with Crippen LogP contribution >= 0.6 is 0 Å². The van der Waals surface area contributed by atoms with Crippen molar-refractivity contribution in [1.82, 2.24) is 0 Å². The van der Waals surface area contributed by atoms with Crippen LogP contribution in [0.5, 0.6) is 0 Å². The van der Waals surface area contributed by atoms with Crippen LogP contribution in [0.4, 0.5) is 0 Å². The molecule has 25 heavy (non-hydrogen) atoms. The molecular weight excluding hydrogens is 328 g/mol. The van der Waals surface area contributed by atoms with Crippen molar-refractivity contribution in [2.24, 2.45) is 10.8 Å². The zero-order valence-corrected chi connectivity index (χ0v) is 14.0. The molecule has 0 aliphatic carbocycles. The first-order valence-corrected chi connectivity index (χ1v) is 7.89. The van der Waals surface area contributed by atoms with Crippen LogP contribution in [-0.4, -0.2) is 42.3 Å². The van der Waals surface area contributed by atoms with Crippen LogP contribution in [-0.2, 0) is 30.3 Å². The van der Waals surface area contributed by atoms with Gasteiger partial charge in [0.1, 0.15) is 18.3 Å². The van der Waals surface area contributed by atoms with E-state index in [2.05, 4.69) is 10.0 Å². The number of hydrogen-bond acceptors (Lipinski definition) is 6. The third-order valence-corrected chi connectivity index (χ3v) is 4.15. The van der Waals surface area contributed by atoms with Crippen LogP contribution in [0.2, 0.25) is 0 Å². The molecule has 0 bridgehead atoms. The molecule has 0 radical (unpaired) electrons. The van der Waals surface area contributed by atoms with E-state index in [-0.39, 0.29) is 6.61 Å². The molecule has 1 aromatic carbocycles. The van der Waals surface area contributed by atoms with Crippen LogP contribution in [0.25, 0.3) is 10.4 Å². The number of rotatable bonds is 6. The van der Waals surface area contributed by atoms with Gasteiger partial charge in [0, 0.05) is 4.91 Å². The second kappa shape index (κ2) is 6.62. The van der Waals surface area contributed by atoms with Crippen LogP contribution in [0.15, 0.2) is 35.4 Å². The highest BCUT2D eigenvalue weighted by Gasteiger charge is 2.65. The van der Waals surface area contributed by atoms with E-state index in [1.807, 2.05) is 30.3 Å². The van der Waals surface area contributed by atoms with E-state index >= 15 is 0 Å². The van der Waals surface area contributed by atoms with Crippen LogP contribution < -0.4 is 5.73 Å². The standard InChI is InChI=1S/C16H20N4O5/c1-15(2)24-12-11(9-22-8-10-6-4-3-5-7-10)23-16(14(17)21,19-20-18)13(12)25-15/h3-7,11-13H,8-9H2,1-2H3,(H2,17,21)/t11-,12+,13-,16+/m1/s1. The fraction of sp³-hybridized carbons (Fsp3) is 0.562. The lowest BCUT2D eigenvalue weighted by Gasteiger charge is -2.28. The molecule has 1 amide bonds. The number of fused-ring (bicyclic) bond motifs is 1. The molecule has 9 heteroatoms. The van der Waals surface area contributed by atoms with E-state index in [9.17, 15) is 4.79 Å². The molecule has 2 N–H and O–H groups in total. The molecule has 1 aromatic rings. The Labute approximate surface area is 144 Å². The Kier molecular flexibility index (Phi) is 4.68. The summed E-state index contributed by atoms with van der Waals surface area (Å²) in [5.41, 5.74) is 13.3. The van der Waals surface area contributed by atoms with Crippen molar-refractivity contribution in [3.05, 3.63) is 46.3 Å². The highest BCUT2D eigenvalue weighted by Crippen LogP contribution is 2.45. The van der Waals surface area contributed by atoms with Gasteiger partial charge in [-0.3, -0.25) is 4.79 Å². The number of nitrogens with two attached hydrogens (primary N) is 1. The lowest BCUT2D eigenvalue weighted by Crippen LogP contribution is -2.51. The molecule has 2 saturated heterocycles. The predicted octanol–water partition coefficient (Wildman–Crippen LogP) is 1.61. The van der Waals surface area contributed by atoms with Gasteiger partial charge in [0.2, 0.25) is 0 Å². The minimum Gasteiger partial charge on any atom is -0.374 e. The minimum absolute atomic E-state index is 0.130. The molecule has 0 unspecified atom stereocenters. The maximum absolute atomic E-state index is 12.0. The SMILES string of the molecule is CC1(C)O[C@@H]2[C@@H](O1)[C@@](N=[N+]=[N-])(C(N)=O)O[C@@H]2COCc1ccccc1. The average molecular weight is 348 g/mol. The normalized spacial score (nSPS) is 32.8. The first-order valence-electron chi connectivity index (χ1n) is 7.89. The Hall–Kier alpha value is -2.16. The van der Waals surface area contributed by atoms with Crippen molar-refractivity contribution in [3.63, 3.8) is 0 Å². The second-order valence-electron chi connectivity index (χ2n) is 6.43. The third kappa shape index (κ3) is 3.33. The molecule has 4 atom stereocenters. The summed E-state index contributed by atoms with van der Waals surface area (Å²) >= 11 is 0. The molecule has 0 saturated carbocycles. The van der Waals surface area contributed by atoms with Crippen molar-refractivity contribution in [2.45, 2.75) is 50.3 Å². The van der Waals surface area contributed by atoms with Gasteiger partial charge in [-0.15, -0.1) is 0 Å². The largest absolute Gasteiger partial charge is 0.374 e. The van der Waals surface area contributed by atoms with E-state index < -0.39 is 35.7 Å². The van der Waals surface area contributed by atoms with Gasteiger partial charge >= 0.3 is 0 Å². The highest BCUT2D eigenvalue weighted by atomic mass is 16.8. The van der Waals surface area contributed by atoms with E-state index in [1.165, 1.54) is 0 Å². The van der Waals surface area contributed by atoms with Crippen molar-refractivity contribution >= 4 is 5.91 Å². The Morgan fingerprint density at radius 2 is 2.04 bits per heavy atom. The summed E-state index contributed by atoms with van der Waals surface area (Å²) in [6.07, 6.45) is -2.22. The number of carbonyl (C=O) groups is 1. The van der Waals surface area contributed by atoms with Gasteiger partial charge in [0.05, 0.1) is 13.2 Å². The number of primary amides is 1. The lowest BCUT2D eigenvalue weighted by molar-refractivity contribution is -0.212. The summed E-state index contributed by atoms with van der Waals surface area (Å²) < 4.78 is 22.9. The molecular formula is C16H20N4O5. The number of amides is 1. The fourth-order valence-corrected chi connectivity index (χ4v) is 3.12. The fourth-order valence-electron chi connectivity index (χ4n) is 3.12. The molecule has 2 heterocycles. The van der Waals surface area contributed by atoms with Gasteiger partial charge in [-0.2, -0.15) is 0 Å². The molecule has 2 fully saturated rings. The smallest absolute Gasteiger partial charge is 0.258 e. The zero-order valence-electron chi connectivity index (χ0n) is 14.0. The van der Waals surface area contributed by atoms with Crippen molar-refractivity contribution in [3.8, 4) is 0 Å². The number of carbonyl (C=O) groups excluding carboxylic acids is 1. The maximum atomic E-state index is 12.0. The number of ether oxygens (including phenoxy) is 4. The van der Waals surface area contributed by atoms with Gasteiger partial charge in [-0.25, -0.2) is 0 Å². The van der Waals surface area contributed by atoms with Crippen LogP contribution in [0.1, 0.15) is 19.4 Å². The van der Waals surface area contributed by atoms with E-state index in [1.54, 1.807) is 13.8 Å². The minimum atomic E-state index is -1.95. The van der Waals surface area contributed by atoms with E-state index in [4.69, 9.17) is 30.2 Å². The summed E-state index contributed by atoms with van der Waals surface area (Å²) in [5, 5.41) is 3.50. The summed E-state index contributed by atoms with van der Waals surface area (Å²) in [5.74, 6) is -1.88.